The zero-order valence-electron chi connectivity index (χ0n) is 8.95. The Hall–Kier alpha value is -0.580. The average Bonchev–Trinajstić information content (AvgIpc) is 2.47. The molecule has 0 saturated carbocycles. The standard InChI is InChI=1S/C10H17NO3S/c1-10(5-2-9(12)11-10)8-3-6-15(13,14)7-4-8/h8H,2-7H2,1H3,(H,11,12). The summed E-state index contributed by atoms with van der Waals surface area (Å²) in [5.41, 5.74) is -0.160. The smallest absolute Gasteiger partial charge is 0.220 e. The van der Waals surface area contributed by atoms with Gasteiger partial charge in [-0.2, -0.15) is 0 Å². The number of carbonyl (C=O) groups is 1. The molecule has 0 aliphatic carbocycles. The zero-order valence-corrected chi connectivity index (χ0v) is 9.77. The van der Waals surface area contributed by atoms with E-state index in [1.54, 1.807) is 0 Å². The molecule has 0 aromatic heterocycles. The molecule has 0 aromatic carbocycles. The van der Waals surface area contributed by atoms with Crippen molar-refractivity contribution in [3.05, 3.63) is 0 Å². The summed E-state index contributed by atoms with van der Waals surface area (Å²) in [7, 11) is -2.80. The third kappa shape index (κ3) is 2.17. The number of hydrogen-bond donors (Lipinski definition) is 1. The fourth-order valence-corrected chi connectivity index (χ4v) is 4.14. The first-order chi connectivity index (χ1) is 6.91. The second-order valence-electron chi connectivity index (χ2n) is 4.89. The van der Waals surface area contributed by atoms with E-state index in [0.29, 0.717) is 25.2 Å². The Bertz CT molecular complexity index is 362. The minimum Gasteiger partial charge on any atom is -0.351 e. The van der Waals surface area contributed by atoms with Gasteiger partial charge < -0.3 is 5.32 Å². The van der Waals surface area contributed by atoms with Crippen LogP contribution in [-0.4, -0.2) is 31.4 Å². The highest BCUT2D eigenvalue weighted by molar-refractivity contribution is 7.91. The first kappa shape index (κ1) is 10.9. The fraction of sp³-hybridized carbons (Fsp3) is 0.900. The van der Waals surface area contributed by atoms with Crippen LogP contribution in [0.1, 0.15) is 32.6 Å². The second kappa shape index (κ2) is 3.47. The van der Waals surface area contributed by atoms with Gasteiger partial charge in [0.2, 0.25) is 5.91 Å². The summed E-state index contributed by atoms with van der Waals surface area (Å²) in [6.45, 7) is 2.04. The first-order valence-electron chi connectivity index (χ1n) is 5.43. The van der Waals surface area contributed by atoms with Crippen LogP contribution in [0.2, 0.25) is 0 Å². The second-order valence-corrected chi connectivity index (χ2v) is 7.20. The molecule has 0 spiro atoms. The van der Waals surface area contributed by atoms with Crippen molar-refractivity contribution >= 4 is 15.7 Å². The van der Waals surface area contributed by atoms with Gasteiger partial charge in [-0.3, -0.25) is 4.79 Å². The van der Waals surface area contributed by atoms with E-state index >= 15 is 0 Å². The van der Waals surface area contributed by atoms with Crippen LogP contribution in [-0.2, 0) is 14.6 Å². The van der Waals surface area contributed by atoms with E-state index in [0.717, 1.165) is 6.42 Å². The number of carbonyl (C=O) groups excluding carboxylic acids is 1. The van der Waals surface area contributed by atoms with Crippen molar-refractivity contribution in [1.29, 1.82) is 0 Å². The van der Waals surface area contributed by atoms with Crippen molar-refractivity contribution in [2.45, 2.75) is 38.1 Å². The van der Waals surface area contributed by atoms with Crippen molar-refractivity contribution in [1.82, 2.24) is 5.32 Å². The predicted molar refractivity (Wildman–Crippen MR) is 57.2 cm³/mol. The molecule has 5 heteroatoms. The molecule has 1 atom stereocenters. The molecule has 86 valence electrons. The molecule has 0 radical (unpaired) electrons. The molecular weight excluding hydrogens is 214 g/mol. The molecule has 2 aliphatic heterocycles. The minimum atomic E-state index is -2.80. The quantitative estimate of drug-likeness (QED) is 0.714. The topological polar surface area (TPSA) is 63.2 Å². The highest BCUT2D eigenvalue weighted by atomic mass is 32.2. The number of hydrogen-bond acceptors (Lipinski definition) is 3. The molecule has 2 fully saturated rings. The van der Waals surface area contributed by atoms with Crippen LogP contribution in [0.5, 0.6) is 0 Å². The number of nitrogens with one attached hydrogen (secondary N) is 1. The number of rotatable bonds is 1. The molecular formula is C10H17NO3S. The summed E-state index contributed by atoms with van der Waals surface area (Å²) in [4.78, 5) is 11.2. The lowest BCUT2D eigenvalue weighted by molar-refractivity contribution is -0.120. The highest BCUT2D eigenvalue weighted by Gasteiger charge is 2.42. The molecule has 2 heterocycles. The molecule has 2 aliphatic rings. The first-order valence-corrected chi connectivity index (χ1v) is 7.25. The fourth-order valence-electron chi connectivity index (χ4n) is 2.65. The van der Waals surface area contributed by atoms with Gasteiger partial charge in [-0.05, 0) is 32.1 Å². The summed E-state index contributed by atoms with van der Waals surface area (Å²) in [6, 6.07) is 0. The molecule has 0 bridgehead atoms. The van der Waals surface area contributed by atoms with Gasteiger partial charge in [0.1, 0.15) is 9.84 Å². The van der Waals surface area contributed by atoms with Crippen LogP contribution in [0.3, 0.4) is 0 Å². The van der Waals surface area contributed by atoms with Crippen LogP contribution in [0.15, 0.2) is 0 Å². The molecule has 15 heavy (non-hydrogen) atoms. The summed E-state index contributed by atoms with van der Waals surface area (Å²) in [5, 5.41) is 2.99. The molecule has 4 nitrogen and oxygen atoms in total. The third-order valence-corrected chi connectivity index (χ3v) is 5.47. The lowest BCUT2D eigenvalue weighted by Gasteiger charge is -2.36. The van der Waals surface area contributed by atoms with Gasteiger partial charge in [-0.1, -0.05) is 0 Å². The molecule has 2 rings (SSSR count). The van der Waals surface area contributed by atoms with E-state index in [-0.39, 0.29) is 23.0 Å². The maximum absolute atomic E-state index is 11.3. The van der Waals surface area contributed by atoms with Gasteiger partial charge in [0.15, 0.2) is 0 Å². The normalized spacial score (nSPS) is 36.5. The maximum Gasteiger partial charge on any atom is 0.220 e. The Morgan fingerprint density at radius 3 is 2.40 bits per heavy atom. The molecule has 1 unspecified atom stereocenters. The van der Waals surface area contributed by atoms with Gasteiger partial charge in [-0.15, -0.1) is 0 Å². The van der Waals surface area contributed by atoms with E-state index in [1.165, 1.54) is 0 Å². The Morgan fingerprint density at radius 1 is 1.33 bits per heavy atom. The van der Waals surface area contributed by atoms with Crippen molar-refractivity contribution in [3.63, 3.8) is 0 Å². The van der Waals surface area contributed by atoms with Crippen molar-refractivity contribution in [2.24, 2.45) is 5.92 Å². The van der Waals surface area contributed by atoms with Crippen LogP contribution < -0.4 is 5.32 Å². The lowest BCUT2D eigenvalue weighted by Crippen LogP contribution is -2.48. The van der Waals surface area contributed by atoms with E-state index < -0.39 is 9.84 Å². The SMILES string of the molecule is CC1(C2CCS(=O)(=O)CC2)CCC(=O)N1. The Balaban J connectivity index is 2.04. The van der Waals surface area contributed by atoms with Gasteiger partial charge in [0.25, 0.3) is 0 Å². The summed E-state index contributed by atoms with van der Waals surface area (Å²) >= 11 is 0. The number of amides is 1. The summed E-state index contributed by atoms with van der Waals surface area (Å²) < 4.78 is 22.6. The highest BCUT2D eigenvalue weighted by Crippen LogP contribution is 2.35. The molecule has 2 saturated heterocycles. The van der Waals surface area contributed by atoms with Gasteiger partial charge in [0, 0.05) is 12.0 Å². The molecule has 1 amide bonds. The van der Waals surface area contributed by atoms with E-state index in [2.05, 4.69) is 5.32 Å². The van der Waals surface area contributed by atoms with Gasteiger partial charge in [-0.25, -0.2) is 8.42 Å². The largest absolute Gasteiger partial charge is 0.351 e. The van der Waals surface area contributed by atoms with Crippen LogP contribution in [0, 0.1) is 5.92 Å². The van der Waals surface area contributed by atoms with E-state index in [1.807, 2.05) is 6.92 Å². The van der Waals surface area contributed by atoms with E-state index in [4.69, 9.17) is 0 Å². The van der Waals surface area contributed by atoms with Crippen molar-refractivity contribution in [2.75, 3.05) is 11.5 Å². The summed E-state index contributed by atoms with van der Waals surface area (Å²) in [6.07, 6.45) is 2.81. The van der Waals surface area contributed by atoms with Crippen molar-refractivity contribution < 1.29 is 13.2 Å². The molecule has 1 N–H and O–H groups in total. The monoisotopic (exact) mass is 231 g/mol. The van der Waals surface area contributed by atoms with Crippen LogP contribution in [0.4, 0.5) is 0 Å². The number of sulfone groups is 1. The lowest BCUT2D eigenvalue weighted by atomic mass is 9.80. The van der Waals surface area contributed by atoms with Gasteiger partial charge in [0.05, 0.1) is 11.5 Å². The third-order valence-electron chi connectivity index (χ3n) is 3.75. The Kier molecular flexibility index (Phi) is 2.53. The summed E-state index contributed by atoms with van der Waals surface area (Å²) in [5.74, 6) is 0.991. The Labute approximate surface area is 90.3 Å². The maximum atomic E-state index is 11.3. The van der Waals surface area contributed by atoms with Crippen LogP contribution in [0.25, 0.3) is 0 Å². The van der Waals surface area contributed by atoms with Crippen molar-refractivity contribution in [3.8, 4) is 0 Å². The minimum absolute atomic E-state index is 0.103. The van der Waals surface area contributed by atoms with Gasteiger partial charge >= 0.3 is 0 Å². The average molecular weight is 231 g/mol. The van der Waals surface area contributed by atoms with Crippen LogP contribution >= 0.6 is 0 Å². The Morgan fingerprint density at radius 2 is 1.93 bits per heavy atom. The molecule has 0 aromatic rings. The van der Waals surface area contributed by atoms with E-state index in [9.17, 15) is 13.2 Å². The zero-order chi connectivity index (χ0) is 11.1. The predicted octanol–water partition coefficient (Wildman–Crippen LogP) is 0.480.